The highest BCUT2D eigenvalue weighted by atomic mass is 35.5. The molecule has 1 N–H and O–H groups in total. The highest BCUT2D eigenvalue weighted by Gasteiger charge is 2.74. The Kier molecular flexibility index (Phi) is 8.65. The second-order valence-corrected chi connectivity index (χ2v) is 13.0. The van der Waals surface area contributed by atoms with Gasteiger partial charge in [0.05, 0.1) is 39.9 Å². The van der Waals surface area contributed by atoms with Crippen LogP contribution in [0.5, 0.6) is 0 Å². The van der Waals surface area contributed by atoms with Crippen molar-refractivity contribution in [2.75, 3.05) is 31.6 Å². The van der Waals surface area contributed by atoms with E-state index in [1.165, 1.54) is 0 Å². The summed E-state index contributed by atoms with van der Waals surface area (Å²) in [4.78, 5) is 47.4. The zero-order chi connectivity index (χ0) is 27.8. The number of likely N-dealkylation sites (tertiary alicyclic amines) is 1. The van der Waals surface area contributed by atoms with Gasteiger partial charge in [-0.2, -0.15) is 0 Å². The minimum absolute atomic E-state index is 0.0352. The minimum Gasteiger partial charge on any atom is -0.394 e. The lowest BCUT2D eigenvalue weighted by molar-refractivity contribution is -0.145. The second kappa shape index (κ2) is 11.4. The third-order valence-electron chi connectivity index (χ3n) is 8.10. The molecular weight excluding hydrogens is 522 g/mol. The highest BCUT2D eigenvalue weighted by molar-refractivity contribution is 8.02. The number of fused-ring (bicyclic) bond motifs is 1. The van der Waals surface area contributed by atoms with Gasteiger partial charge in [-0.15, -0.1) is 24.9 Å². The second-order valence-electron chi connectivity index (χ2n) is 11.0. The van der Waals surface area contributed by atoms with Crippen molar-refractivity contribution in [3.05, 3.63) is 54.6 Å². The zero-order valence-electron chi connectivity index (χ0n) is 22.4. The molecule has 0 radical (unpaired) electrons. The predicted molar refractivity (Wildman–Crippen MR) is 153 cm³/mol. The summed E-state index contributed by atoms with van der Waals surface area (Å²) in [5.41, 5.74) is 0.548. The van der Waals surface area contributed by atoms with Gasteiger partial charge in [0.25, 0.3) is 5.91 Å². The first kappa shape index (κ1) is 28.7. The number of rotatable bonds is 11. The maximum absolute atomic E-state index is 14.6. The third-order valence-corrected chi connectivity index (χ3v) is 10.4. The fraction of sp³-hybridized carbons (Fsp3) is 0.552. The lowest BCUT2D eigenvalue weighted by atomic mass is 9.70. The molecule has 7 nitrogen and oxygen atoms in total. The molecule has 1 aromatic rings. The topological polar surface area (TPSA) is 81.2 Å². The molecule has 0 aliphatic carbocycles. The van der Waals surface area contributed by atoms with Gasteiger partial charge in [-0.25, -0.2) is 0 Å². The Morgan fingerprint density at radius 1 is 1.24 bits per heavy atom. The van der Waals surface area contributed by atoms with Crippen LogP contribution in [-0.4, -0.2) is 81.5 Å². The van der Waals surface area contributed by atoms with E-state index >= 15 is 0 Å². The molecule has 9 heteroatoms. The fourth-order valence-corrected chi connectivity index (χ4v) is 9.09. The standard InChI is InChI=1S/C29H38ClN3O4S/c1-6-14-31(5)26(35)23-22-12-13-29(38-22)24(23)27(36)33(19(17-34)16-18(3)4)25(29)28(37)32(15-7-2)21-11-9-8-10-20(21)30/h6-11,18-19,22-25,34H,1-2,12-17H2,3-5H3/t19-,22-,23+,24+,25?,29?/m1/s1. The van der Waals surface area contributed by atoms with Gasteiger partial charge in [0.15, 0.2) is 0 Å². The first-order valence-electron chi connectivity index (χ1n) is 13.3. The molecule has 0 aromatic heterocycles. The average Bonchev–Trinajstić information content (AvgIpc) is 3.53. The molecule has 3 aliphatic heterocycles. The van der Waals surface area contributed by atoms with Gasteiger partial charge in [-0.3, -0.25) is 14.4 Å². The van der Waals surface area contributed by atoms with Crippen LogP contribution in [-0.2, 0) is 14.4 Å². The van der Waals surface area contributed by atoms with Crippen molar-refractivity contribution in [3.8, 4) is 0 Å². The number of benzene rings is 1. The number of carbonyl (C=O) groups excluding carboxylic acids is 3. The minimum atomic E-state index is -0.829. The van der Waals surface area contributed by atoms with E-state index in [4.69, 9.17) is 11.6 Å². The summed E-state index contributed by atoms with van der Waals surface area (Å²) in [6, 6.07) is 5.77. The predicted octanol–water partition coefficient (Wildman–Crippen LogP) is 4.00. The van der Waals surface area contributed by atoms with Crippen molar-refractivity contribution >= 4 is 46.8 Å². The van der Waals surface area contributed by atoms with Gasteiger partial charge < -0.3 is 19.8 Å². The van der Waals surface area contributed by atoms with Gasteiger partial charge >= 0.3 is 0 Å². The van der Waals surface area contributed by atoms with E-state index in [-0.39, 0.29) is 42.0 Å². The molecule has 1 spiro atoms. The number of aliphatic hydroxyl groups excluding tert-OH is 1. The largest absolute Gasteiger partial charge is 0.394 e. The van der Waals surface area contributed by atoms with Crippen LogP contribution in [0.3, 0.4) is 0 Å². The van der Waals surface area contributed by atoms with Gasteiger partial charge in [0.2, 0.25) is 11.8 Å². The van der Waals surface area contributed by atoms with Crippen LogP contribution in [0, 0.1) is 17.8 Å². The number of amides is 3. The number of thioether (sulfide) groups is 1. The van der Waals surface area contributed by atoms with Crippen LogP contribution < -0.4 is 4.90 Å². The zero-order valence-corrected chi connectivity index (χ0v) is 24.0. The number of hydrogen-bond donors (Lipinski definition) is 1. The fourth-order valence-electron chi connectivity index (χ4n) is 6.66. The number of para-hydroxylation sites is 1. The lowest BCUT2D eigenvalue weighted by Gasteiger charge is -2.40. The van der Waals surface area contributed by atoms with Crippen LogP contribution in [0.4, 0.5) is 5.69 Å². The molecule has 3 fully saturated rings. The molecule has 1 aromatic carbocycles. The number of carbonyl (C=O) groups is 3. The molecule has 2 bridgehead atoms. The first-order valence-corrected chi connectivity index (χ1v) is 14.5. The van der Waals surface area contributed by atoms with E-state index in [0.29, 0.717) is 30.1 Å². The maximum atomic E-state index is 14.6. The average molecular weight is 560 g/mol. The molecule has 206 valence electrons. The Labute approximate surface area is 234 Å². The van der Waals surface area contributed by atoms with Gasteiger partial charge in [0, 0.05) is 25.4 Å². The van der Waals surface area contributed by atoms with E-state index in [1.54, 1.807) is 63.9 Å². The van der Waals surface area contributed by atoms with Crippen LogP contribution in [0.25, 0.3) is 0 Å². The van der Waals surface area contributed by atoms with E-state index in [2.05, 4.69) is 13.2 Å². The highest BCUT2D eigenvalue weighted by Crippen LogP contribution is 2.67. The molecule has 0 saturated carbocycles. The molecule has 3 aliphatic rings. The summed E-state index contributed by atoms with van der Waals surface area (Å²) in [7, 11) is 1.73. The van der Waals surface area contributed by atoms with E-state index in [9.17, 15) is 19.5 Å². The van der Waals surface area contributed by atoms with Crippen LogP contribution in [0.1, 0.15) is 33.1 Å². The van der Waals surface area contributed by atoms with Crippen LogP contribution >= 0.6 is 23.4 Å². The molecule has 38 heavy (non-hydrogen) atoms. The molecular formula is C29H38ClN3O4S. The van der Waals surface area contributed by atoms with E-state index < -0.39 is 28.7 Å². The van der Waals surface area contributed by atoms with Crippen molar-refractivity contribution in [3.63, 3.8) is 0 Å². The number of anilines is 1. The van der Waals surface area contributed by atoms with Crippen LogP contribution in [0.15, 0.2) is 49.6 Å². The lowest BCUT2D eigenvalue weighted by Crippen LogP contribution is -2.58. The van der Waals surface area contributed by atoms with Crippen molar-refractivity contribution in [1.29, 1.82) is 0 Å². The Morgan fingerprint density at radius 3 is 2.53 bits per heavy atom. The van der Waals surface area contributed by atoms with Crippen molar-refractivity contribution in [2.45, 2.75) is 55.2 Å². The smallest absolute Gasteiger partial charge is 0.251 e. The number of hydrogen-bond acceptors (Lipinski definition) is 5. The number of nitrogens with zero attached hydrogens (tertiary/aromatic N) is 3. The number of likely N-dealkylation sites (N-methyl/N-ethyl adjacent to an activating group) is 1. The monoisotopic (exact) mass is 559 g/mol. The normalized spacial score (nSPS) is 28.4. The van der Waals surface area contributed by atoms with Gasteiger partial charge in [0.1, 0.15) is 6.04 Å². The number of halogens is 1. The van der Waals surface area contributed by atoms with Gasteiger partial charge in [-0.05, 0) is 37.3 Å². The molecule has 2 unspecified atom stereocenters. The van der Waals surface area contributed by atoms with Crippen LogP contribution in [0.2, 0.25) is 5.02 Å². The van der Waals surface area contributed by atoms with Crippen molar-refractivity contribution < 1.29 is 19.5 Å². The Hall–Kier alpha value is -2.29. The number of aliphatic hydroxyl groups is 1. The summed E-state index contributed by atoms with van der Waals surface area (Å²) in [5, 5.41) is 10.9. The Morgan fingerprint density at radius 2 is 1.92 bits per heavy atom. The maximum Gasteiger partial charge on any atom is 0.251 e. The first-order chi connectivity index (χ1) is 18.1. The molecule has 3 saturated heterocycles. The molecule has 3 amide bonds. The van der Waals surface area contributed by atoms with E-state index in [1.807, 2.05) is 19.9 Å². The van der Waals surface area contributed by atoms with Crippen molar-refractivity contribution in [1.82, 2.24) is 9.80 Å². The quantitative estimate of drug-likeness (QED) is 0.414. The summed E-state index contributed by atoms with van der Waals surface area (Å²) in [6.07, 6.45) is 5.28. The summed E-state index contributed by atoms with van der Waals surface area (Å²) >= 11 is 8.16. The molecule has 4 rings (SSSR count). The molecule has 6 atom stereocenters. The SMILES string of the molecule is C=CCN(C)C(=O)[C@@H]1[C@H]2C(=O)N([C@@H](CO)CC(C)C)C(C(=O)N(CC=C)c3ccccc3Cl)C23CC[C@H]1S3. The Balaban J connectivity index is 1.83. The third kappa shape index (κ3) is 4.69. The van der Waals surface area contributed by atoms with Crippen molar-refractivity contribution in [2.24, 2.45) is 17.8 Å². The Bertz CT molecular complexity index is 1110. The molecule has 3 heterocycles. The summed E-state index contributed by atoms with van der Waals surface area (Å²) < 4.78 is -0.751. The van der Waals surface area contributed by atoms with E-state index in [0.717, 1.165) is 6.42 Å². The summed E-state index contributed by atoms with van der Waals surface area (Å²) in [6.45, 7) is 12.0. The summed E-state index contributed by atoms with van der Waals surface area (Å²) in [5.74, 6) is -1.50. The van der Waals surface area contributed by atoms with Gasteiger partial charge in [-0.1, -0.05) is 49.7 Å².